The highest BCUT2D eigenvalue weighted by atomic mass is 16.5. The standard InChI is InChI=1S/C24H22N2O4/c1-4-9-19-13-17(14-21(28-6-3)23(19)29-12-5-2)16-25-26-24(27)22-15-18-10-7-8-11-20(18)30-22/h2,4,7-8,10-11,13-16H,1,6,9,12H2,3H3,(H,26,27)/b25-16+. The first-order chi connectivity index (χ1) is 14.7. The molecule has 0 unspecified atom stereocenters. The van der Waals surface area contributed by atoms with E-state index < -0.39 is 5.91 Å². The van der Waals surface area contributed by atoms with Gasteiger partial charge in [-0.2, -0.15) is 5.10 Å². The number of ether oxygens (including phenoxy) is 2. The van der Waals surface area contributed by atoms with Gasteiger partial charge in [-0.1, -0.05) is 30.2 Å². The lowest BCUT2D eigenvalue weighted by Gasteiger charge is -2.15. The summed E-state index contributed by atoms with van der Waals surface area (Å²) in [5, 5.41) is 4.89. The molecule has 30 heavy (non-hydrogen) atoms. The van der Waals surface area contributed by atoms with Crippen LogP contribution in [0.25, 0.3) is 11.0 Å². The lowest BCUT2D eigenvalue weighted by molar-refractivity contribution is 0.0929. The number of hydrazone groups is 1. The highest BCUT2D eigenvalue weighted by Crippen LogP contribution is 2.33. The fourth-order valence-corrected chi connectivity index (χ4v) is 2.92. The van der Waals surface area contributed by atoms with Gasteiger partial charge < -0.3 is 13.9 Å². The zero-order valence-electron chi connectivity index (χ0n) is 16.7. The number of hydrogen-bond donors (Lipinski definition) is 1. The second kappa shape index (κ2) is 9.99. The summed E-state index contributed by atoms with van der Waals surface area (Å²) in [6.45, 7) is 6.26. The zero-order chi connectivity index (χ0) is 21.3. The molecule has 0 spiro atoms. The van der Waals surface area contributed by atoms with Gasteiger partial charge in [0.05, 0.1) is 12.8 Å². The van der Waals surface area contributed by atoms with E-state index >= 15 is 0 Å². The molecule has 0 saturated carbocycles. The molecule has 2 aromatic carbocycles. The van der Waals surface area contributed by atoms with Crippen LogP contribution in [0, 0.1) is 12.3 Å². The van der Waals surface area contributed by atoms with Crippen molar-refractivity contribution in [3.8, 4) is 23.8 Å². The number of benzene rings is 2. The molecule has 0 aliphatic carbocycles. The van der Waals surface area contributed by atoms with Gasteiger partial charge in [0, 0.05) is 10.9 Å². The third kappa shape index (κ3) is 4.89. The molecule has 1 aromatic heterocycles. The number of nitrogens with one attached hydrogen (secondary N) is 1. The van der Waals surface area contributed by atoms with Crippen molar-refractivity contribution in [1.82, 2.24) is 5.43 Å². The predicted octanol–water partition coefficient (Wildman–Crippen LogP) is 4.34. The minimum atomic E-state index is -0.437. The maximum Gasteiger partial charge on any atom is 0.307 e. The Labute approximate surface area is 175 Å². The van der Waals surface area contributed by atoms with Gasteiger partial charge >= 0.3 is 5.91 Å². The Bertz CT molecular complexity index is 1090. The van der Waals surface area contributed by atoms with Crippen molar-refractivity contribution in [3.05, 3.63) is 72.0 Å². The Balaban J connectivity index is 1.80. The van der Waals surface area contributed by atoms with Gasteiger partial charge in [0.2, 0.25) is 0 Å². The third-order valence-electron chi connectivity index (χ3n) is 4.15. The van der Waals surface area contributed by atoms with Crippen LogP contribution in [-0.2, 0) is 6.42 Å². The van der Waals surface area contributed by atoms with Crippen molar-refractivity contribution >= 4 is 23.1 Å². The molecule has 0 radical (unpaired) electrons. The highest BCUT2D eigenvalue weighted by molar-refractivity contribution is 5.96. The van der Waals surface area contributed by atoms with Crippen LogP contribution in [0.5, 0.6) is 11.5 Å². The van der Waals surface area contributed by atoms with E-state index in [1.54, 1.807) is 24.3 Å². The molecule has 1 N–H and O–H groups in total. The number of carbonyl (C=O) groups excluding carboxylic acids is 1. The van der Waals surface area contributed by atoms with E-state index in [1.165, 1.54) is 6.21 Å². The Kier molecular flexibility index (Phi) is 6.91. The third-order valence-corrected chi connectivity index (χ3v) is 4.15. The number of hydrogen-bond acceptors (Lipinski definition) is 5. The first kappa shape index (κ1) is 20.7. The number of nitrogens with zero attached hydrogens (tertiary/aromatic N) is 1. The summed E-state index contributed by atoms with van der Waals surface area (Å²) >= 11 is 0. The topological polar surface area (TPSA) is 73.1 Å². The van der Waals surface area contributed by atoms with Crippen LogP contribution < -0.4 is 14.9 Å². The van der Waals surface area contributed by atoms with Crippen molar-refractivity contribution in [2.45, 2.75) is 13.3 Å². The van der Waals surface area contributed by atoms with E-state index in [-0.39, 0.29) is 12.4 Å². The molecule has 1 heterocycles. The van der Waals surface area contributed by atoms with Crippen LogP contribution in [0.1, 0.15) is 28.6 Å². The molecule has 6 heteroatoms. The monoisotopic (exact) mass is 402 g/mol. The molecule has 0 aliphatic rings. The van der Waals surface area contributed by atoms with Gasteiger partial charge in [-0.15, -0.1) is 13.0 Å². The molecule has 0 atom stereocenters. The zero-order valence-corrected chi connectivity index (χ0v) is 16.7. The summed E-state index contributed by atoms with van der Waals surface area (Å²) in [5.41, 5.74) is 4.71. The van der Waals surface area contributed by atoms with Crippen molar-refractivity contribution in [1.29, 1.82) is 0 Å². The molecule has 3 aromatic rings. The Morgan fingerprint density at radius 1 is 1.30 bits per heavy atom. The molecule has 0 aliphatic heterocycles. The largest absolute Gasteiger partial charge is 0.490 e. The van der Waals surface area contributed by atoms with Crippen LogP contribution in [0.3, 0.4) is 0 Å². The van der Waals surface area contributed by atoms with Gasteiger partial charge in [-0.05, 0) is 43.2 Å². The summed E-state index contributed by atoms with van der Waals surface area (Å²) in [6, 6.07) is 12.7. The lowest BCUT2D eigenvalue weighted by atomic mass is 10.1. The minimum Gasteiger partial charge on any atom is -0.490 e. The van der Waals surface area contributed by atoms with Crippen LogP contribution in [0.15, 0.2) is 64.6 Å². The minimum absolute atomic E-state index is 0.130. The quantitative estimate of drug-likeness (QED) is 0.250. The van der Waals surface area contributed by atoms with Crippen LogP contribution in [0.4, 0.5) is 0 Å². The second-order valence-corrected chi connectivity index (χ2v) is 6.27. The van der Waals surface area contributed by atoms with Crippen LogP contribution >= 0.6 is 0 Å². The number of rotatable bonds is 9. The molecule has 152 valence electrons. The van der Waals surface area contributed by atoms with Gasteiger partial charge in [0.15, 0.2) is 17.3 Å². The van der Waals surface area contributed by atoms with Gasteiger partial charge in [0.25, 0.3) is 0 Å². The van der Waals surface area contributed by atoms with Crippen molar-refractivity contribution < 1.29 is 18.7 Å². The summed E-state index contributed by atoms with van der Waals surface area (Å²) in [6.07, 6.45) is 9.17. The predicted molar refractivity (Wildman–Crippen MR) is 117 cm³/mol. The SMILES string of the molecule is C#CCOc1c(CC=C)cc(/C=N/NC(=O)c2cc3ccccc3o2)cc1OCC. The maximum absolute atomic E-state index is 12.3. The molecule has 0 bridgehead atoms. The van der Waals surface area contributed by atoms with Crippen LogP contribution in [0.2, 0.25) is 0 Å². The highest BCUT2D eigenvalue weighted by Gasteiger charge is 2.13. The van der Waals surface area contributed by atoms with E-state index in [1.807, 2.05) is 31.2 Å². The van der Waals surface area contributed by atoms with E-state index in [4.69, 9.17) is 20.3 Å². The van der Waals surface area contributed by atoms with Gasteiger partial charge in [-0.25, -0.2) is 5.43 Å². The normalized spacial score (nSPS) is 10.7. The summed E-state index contributed by atoms with van der Waals surface area (Å²) < 4.78 is 16.9. The summed E-state index contributed by atoms with van der Waals surface area (Å²) in [4.78, 5) is 12.3. The number of para-hydroxylation sites is 1. The summed E-state index contributed by atoms with van der Waals surface area (Å²) in [7, 11) is 0. The number of amides is 1. The van der Waals surface area contributed by atoms with Crippen LogP contribution in [-0.4, -0.2) is 25.3 Å². The number of fused-ring (bicyclic) bond motifs is 1. The lowest BCUT2D eigenvalue weighted by Crippen LogP contribution is -2.16. The van der Waals surface area contributed by atoms with E-state index in [2.05, 4.69) is 23.0 Å². The first-order valence-electron chi connectivity index (χ1n) is 9.45. The average Bonchev–Trinajstić information content (AvgIpc) is 3.18. The fraction of sp³-hybridized carbons (Fsp3) is 0.167. The number of furan rings is 1. The van der Waals surface area contributed by atoms with Gasteiger partial charge in [-0.3, -0.25) is 4.79 Å². The van der Waals surface area contributed by atoms with E-state index in [9.17, 15) is 4.79 Å². The van der Waals surface area contributed by atoms with Crippen molar-refractivity contribution in [2.75, 3.05) is 13.2 Å². The van der Waals surface area contributed by atoms with Crippen molar-refractivity contribution in [3.63, 3.8) is 0 Å². The Morgan fingerprint density at radius 2 is 2.13 bits per heavy atom. The maximum atomic E-state index is 12.3. The fourth-order valence-electron chi connectivity index (χ4n) is 2.92. The Morgan fingerprint density at radius 3 is 2.87 bits per heavy atom. The number of allylic oxidation sites excluding steroid dienone is 1. The molecular formula is C24H22N2O4. The molecular weight excluding hydrogens is 380 g/mol. The summed E-state index contributed by atoms with van der Waals surface area (Å²) in [5.74, 6) is 3.34. The number of carbonyl (C=O) groups is 1. The molecule has 3 rings (SSSR count). The number of terminal acetylenes is 1. The average molecular weight is 402 g/mol. The smallest absolute Gasteiger partial charge is 0.307 e. The van der Waals surface area contributed by atoms with Gasteiger partial charge in [0.1, 0.15) is 12.2 Å². The molecule has 6 nitrogen and oxygen atoms in total. The molecule has 1 amide bonds. The van der Waals surface area contributed by atoms with E-state index in [0.29, 0.717) is 30.1 Å². The van der Waals surface area contributed by atoms with Crippen molar-refractivity contribution in [2.24, 2.45) is 5.10 Å². The molecule has 0 saturated heterocycles. The Hall–Kier alpha value is -3.98. The first-order valence-corrected chi connectivity index (χ1v) is 9.45. The second-order valence-electron chi connectivity index (χ2n) is 6.27. The molecule has 0 fully saturated rings. The van der Waals surface area contributed by atoms with E-state index in [0.717, 1.165) is 16.5 Å².